The molecule has 0 aliphatic rings. The maximum absolute atomic E-state index is 11.7. The molecular formula is C12H6Br2O4. The van der Waals surface area contributed by atoms with Gasteiger partial charge in [0.2, 0.25) is 5.76 Å². The fourth-order valence-electron chi connectivity index (χ4n) is 1.31. The van der Waals surface area contributed by atoms with Gasteiger partial charge in [-0.3, -0.25) is 4.79 Å². The van der Waals surface area contributed by atoms with Gasteiger partial charge in [0.25, 0.3) is 0 Å². The molecule has 0 aliphatic carbocycles. The summed E-state index contributed by atoms with van der Waals surface area (Å²) < 4.78 is 11.3. The first kappa shape index (κ1) is 13.0. The molecule has 1 aromatic heterocycles. The van der Waals surface area contributed by atoms with Gasteiger partial charge in [0.05, 0.1) is 16.3 Å². The number of rotatable bonds is 3. The van der Waals surface area contributed by atoms with Crippen molar-refractivity contribution in [2.75, 3.05) is 0 Å². The van der Waals surface area contributed by atoms with Crippen molar-refractivity contribution in [3.8, 4) is 5.75 Å². The molecule has 0 saturated carbocycles. The maximum atomic E-state index is 11.7. The Bertz CT molecular complexity index is 590. The minimum absolute atomic E-state index is 0.0710. The number of carbonyl (C=O) groups is 2. The lowest BCUT2D eigenvalue weighted by atomic mass is 10.2. The number of benzene rings is 1. The quantitative estimate of drug-likeness (QED) is 0.466. The van der Waals surface area contributed by atoms with Crippen LogP contribution in [0.5, 0.6) is 5.75 Å². The van der Waals surface area contributed by atoms with Crippen LogP contribution in [0.3, 0.4) is 0 Å². The van der Waals surface area contributed by atoms with Gasteiger partial charge < -0.3 is 9.15 Å². The van der Waals surface area contributed by atoms with Gasteiger partial charge in [-0.05, 0) is 40.2 Å². The van der Waals surface area contributed by atoms with E-state index in [0.717, 1.165) is 0 Å². The average molecular weight is 374 g/mol. The fraction of sp³-hybridized carbons (Fsp3) is 0. The SMILES string of the molecule is O=Cc1cc(Br)cc(Br)c1OC(=O)c1ccco1. The molecule has 18 heavy (non-hydrogen) atoms. The number of hydrogen-bond acceptors (Lipinski definition) is 4. The monoisotopic (exact) mass is 372 g/mol. The third kappa shape index (κ3) is 2.70. The summed E-state index contributed by atoms with van der Waals surface area (Å²) in [7, 11) is 0. The number of carbonyl (C=O) groups excluding carboxylic acids is 2. The molecule has 0 bridgehead atoms. The van der Waals surface area contributed by atoms with E-state index in [1.807, 2.05) is 0 Å². The van der Waals surface area contributed by atoms with Crippen LogP contribution in [0, 0.1) is 0 Å². The molecular weight excluding hydrogens is 368 g/mol. The minimum atomic E-state index is -0.661. The zero-order valence-electron chi connectivity index (χ0n) is 8.85. The van der Waals surface area contributed by atoms with Crippen LogP contribution < -0.4 is 4.74 Å². The second-order valence-corrected chi connectivity index (χ2v) is 5.06. The Morgan fingerprint density at radius 3 is 2.72 bits per heavy atom. The van der Waals surface area contributed by atoms with Gasteiger partial charge in [-0.25, -0.2) is 4.79 Å². The zero-order valence-corrected chi connectivity index (χ0v) is 12.0. The highest BCUT2D eigenvalue weighted by Crippen LogP contribution is 2.32. The van der Waals surface area contributed by atoms with E-state index in [9.17, 15) is 9.59 Å². The van der Waals surface area contributed by atoms with Crippen LogP contribution in [0.2, 0.25) is 0 Å². The lowest BCUT2D eigenvalue weighted by Gasteiger charge is -2.08. The maximum Gasteiger partial charge on any atom is 0.379 e. The number of esters is 1. The van der Waals surface area contributed by atoms with Crippen molar-refractivity contribution in [1.29, 1.82) is 0 Å². The summed E-state index contributed by atoms with van der Waals surface area (Å²) in [6, 6.07) is 6.30. The molecule has 4 nitrogen and oxygen atoms in total. The van der Waals surface area contributed by atoms with E-state index in [1.165, 1.54) is 12.3 Å². The summed E-state index contributed by atoms with van der Waals surface area (Å²) in [6.45, 7) is 0. The van der Waals surface area contributed by atoms with Gasteiger partial charge in [-0.15, -0.1) is 0 Å². The molecule has 2 aromatic rings. The highest BCUT2D eigenvalue weighted by Gasteiger charge is 2.17. The highest BCUT2D eigenvalue weighted by atomic mass is 79.9. The van der Waals surface area contributed by atoms with Gasteiger partial charge >= 0.3 is 5.97 Å². The largest absolute Gasteiger partial charge is 0.457 e. The Morgan fingerprint density at radius 2 is 2.11 bits per heavy atom. The first-order chi connectivity index (χ1) is 8.61. The van der Waals surface area contributed by atoms with E-state index < -0.39 is 5.97 Å². The molecule has 0 aliphatic heterocycles. The Hall–Kier alpha value is -1.40. The van der Waals surface area contributed by atoms with Crippen molar-refractivity contribution < 1.29 is 18.7 Å². The molecule has 0 fully saturated rings. The molecule has 1 aromatic carbocycles. The molecule has 1 heterocycles. The lowest BCUT2D eigenvalue weighted by molar-refractivity contribution is 0.0699. The number of hydrogen-bond donors (Lipinski definition) is 0. The van der Waals surface area contributed by atoms with E-state index in [2.05, 4.69) is 31.9 Å². The number of ether oxygens (including phenoxy) is 1. The Morgan fingerprint density at radius 1 is 1.33 bits per heavy atom. The van der Waals surface area contributed by atoms with Crippen molar-refractivity contribution in [1.82, 2.24) is 0 Å². The van der Waals surface area contributed by atoms with Gasteiger partial charge in [0, 0.05) is 4.47 Å². The smallest absolute Gasteiger partial charge is 0.379 e. The predicted molar refractivity (Wildman–Crippen MR) is 70.9 cm³/mol. The summed E-state index contributed by atoms with van der Waals surface area (Å²) in [5.41, 5.74) is 0.260. The Balaban J connectivity index is 2.34. The summed E-state index contributed by atoms with van der Waals surface area (Å²) in [6.07, 6.45) is 1.98. The lowest BCUT2D eigenvalue weighted by Crippen LogP contribution is -2.09. The topological polar surface area (TPSA) is 56.5 Å². The zero-order chi connectivity index (χ0) is 13.1. The molecule has 0 radical (unpaired) electrons. The first-order valence-electron chi connectivity index (χ1n) is 4.81. The highest BCUT2D eigenvalue weighted by molar-refractivity contribution is 9.11. The fourth-order valence-corrected chi connectivity index (χ4v) is 2.65. The van der Waals surface area contributed by atoms with E-state index in [4.69, 9.17) is 9.15 Å². The van der Waals surface area contributed by atoms with Gasteiger partial charge in [0.15, 0.2) is 12.0 Å². The molecule has 0 spiro atoms. The molecule has 92 valence electrons. The van der Waals surface area contributed by atoms with E-state index in [1.54, 1.807) is 18.2 Å². The molecule has 2 rings (SSSR count). The molecule has 0 saturated heterocycles. The van der Waals surface area contributed by atoms with Crippen molar-refractivity contribution in [3.05, 3.63) is 50.8 Å². The van der Waals surface area contributed by atoms with E-state index >= 15 is 0 Å². The Kier molecular flexibility index (Phi) is 3.98. The Labute approximate surface area is 119 Å². The minimum Gasteiger partial charge on any atom is -0.457 e. The van der Waals surface area contributed by atoms with Gasteiger partial charge in [-0.1, -0.05) is 15.9 Å². The average Bonchev–Trinajstić information content (AvgIpc) is 2.85. The van der Waals surface area contributed by atoms with Crippen molar-refractivity contribution in [2.24, 2.45) is 0 Å². The second kappa shape index (κ2) is 5.49. The number of furan rings is 1. The van der Waals surface area contributed by atoms with E-state index in [0.29, 0.717) is 15.2 Å². The normalized spacial score (nSPS) is 10.1. The molecule has 0 amide bonds. The second-order valence-electron chi connectivity index (χ2n) is 3.29. The first-order valence-corrected chi connectivity index (χ1v) is 6.40. The van der Waals surface area contributed by atoms with Crippen LogP contribution in [0.25, 0.3) is 0 Å². The number of aldehydes is 1. The van der Waals surface area contributed by atoms with Crippen LogP contribution in [-0.4, -0.2) is 12.3 Å². The van der Waals surface area contributed by atoms with Crippen LogP contribution in [-0.2, 0) is 0 Å². The molecule has 0 N–H and O–H groups in total. The summed E-state index contributed by atoms with van der Waals surface area (Å²) in [5.74, 6) is -0.428. The van der Waals surface area contributed by atoms with Crippen molar-refractivity contribution in [2.45, 2.75) is 0 Å². The summed E-state index contributed by atoms with van der Waals surface area (Å²) >= 11 is 6.48. The summed E-state index contributed by atoms with van der Waals surface area (Å²) in [5, 5.41) is 0. The van der Waals surface area contributed by atoms with Crippen molar-refractivity contribution >= 4 is 44.1 Å². The summed E-state index contributed by atoms with van der Waals surface area (Å²) in [4.78, 5) is 22.7. The third-order valence-electron chi connectivity index (χ3n) is 2.08. The molecule has 0 unspecified atom stereocenters. The van der Waals surface area contributed by atoms with E-state index in [-0.39, 0.29) is 17.1 Å². The van der Waals surface area contributed by atoms with Crippen LogP contribution >= 0.6 is 31.9 Å². The standard InChI is InChI=1S/C12H6Br2O4/c13-8-4-7(6-15)11(9(14)5-8)18-12(16)10-2-1-3-17-10/h1-6H. The molecule has 0 atom stereocenters. The van der Waals surface area contributed by atoms with Gasteiger partial charge in [0.1, 0.15) is 0 Å². The van der Waals surface area contributed by atoms with Crippen LogP contribution in [0.15, 0.2) is 43.9 Å². The third-order valence-corrected chi connectivity index (χ3v) is 3.13. The van der Waals surface area contributed by atoms with Crippen LogP contribution in [0.4, 0.5) is 0 Å². The van der Waals surface area contributed by atoms with Crippen molar-refractivity contribution in [3.63, 3.8) is 0 Å². The number of halogens is 2. The van der Waals surface area contributed by atoms with Crippen LogP contribution in [0.1, 0.15) is 20.9 Å². The molecule has 6 heteroatoms. The van der Waals surface area contributed by atoms with Gasteiger partial charge in [-0.2, -0.15) is 0 Å². The predicted octanol–water partition coefficient (Wildman–Crippen LogP) is 3.84.